The summed E-state index contributed by atoms with van der Waals surface area (Å²) in [5.74, 6) is -3.65. The van der Waals surface area contributed by atoms with Crippen molar-refractivity contribution >= 4 is 0 Å². The first kappa shape index (κ1) is 13.4. The van der Waals surface area contributed by atoms with E-state index >= 15 is 0 Å². The lowest BCUT2D eigenvalue weighted by Crippen LogP contribution is -2.29. The lowest BCUT2D eigenvalue weighted by Gasteiger charge is -2.23. The molecule has 0 spiro atoms. The molecule has 2 rings (SSSR count). The third-order valence-electron chi connectivity index (χ3n) is 3.74. The predicted molar refractivity (Wildman–Crippen MR) is 64.6 cm³/mol. The minimum Gasteiger partial charge on any atom is -0.312 e. The Bertz CT molecular complexity index is 402. The summed E-state index contributed by atoms with van der Waals surface area (Å²) in [4.78, 5) is 0. The second-order valence-corrected chi connectivity index (χ2v) is 5.49. The van der Waals surface area contributed by atoms with Crippen molar-refractivity contribution in [3.05, 3.63) is 35.1 Å². The molecule has 1 aliphatic rings. The summed E-state index contributed by atoms with van der Waals surface area (Å²) < 4.78 is 38.8. The van der Waals surface area contributed by atoms with Crippen molar-refractivity contribution < 1.29 is 13.2 Å². The Morgan fingerprint density at radius 3 is 2.22 bits per heavy atom. The number of benzene rings is 1. The summed E-state index contributed by atoms with van der Waals surface area (Å²) in [6.07, 6.45) is 4.87. The molecule has 0 aliphatic heterocycles. The quantitative estimate of drug-likeness (QED) is 0.809. The Hall–Kier alpha value is -1.03. The highest BCUT2D eigenvalue weighted by molar-refractivity contribution is 5.19. The van der Waals surface area contributed by atoms with E-state index in [1.54, 1.807) is 0 Å². The average Bonchev–Trinajstić information content (AvgIpc) is 2.73. The van der Waals surface area contributed by atoms with Gasteiger partial charge in [-0.1, -0.05) is 19.8 Å². The van der Waals surface area contributed by atoms with Gasteiger partial charge in [0.1, 0.15) is 0 Å². The van der Waals surface area contributed by atoms with Crippen LogP contribution in [0.15, 0.2) is 12.1 Å². The zero-order chi connectivity index (χ0) is 13.2. The van der Waals surface area contributed by atoms with Crippen molar-refractivity contribution in [2.24, 2.45) is 5.41 Å². The van der Waals surface area contributed by atoms with Crippen LogP contribution in [0.2, 0.25) is 0 Å². The first-order valence-electron chi connectivity index (χ1n) is 6.34. The van der Waals surface area contributed by atoms with Crippen LogP contribution in [0.25, 0.3) is 0 Å². The molecule has 18 heavy (non-hydrogen) atoms. The molecule has 0 heterocycles. The Balaban J connectivity index is 1.90. The third-order valence-corrected chi connectivity index (χ3v) is 3.74. The highest BCUT2D eigenvalue weighted by Gasteiger charge is 2.27. The maximum atomic E-state index is 13.0. The van der Waals surface area contributed by atoms with Crippen molar-refractivity contribution in [1.29, 1.82) is 0 Å². The zero-order valence-corrected chi connectivity index (χ0v) is 10.5. The van der Waals surface area contributed by atoms with E-state index in [1.165, 1.54) is 25.7 Å². The Morgan fingerprint density at radius 1 is 1.11 bits per heavy atom. The summed E-state index contributed by atoms with van der Waals surface area (Å²) in [6, 6.07) is 2.09. The Labute approximate surface area is 105 Å². The van der Waals surface area contributed by atoms with Gasteiger partial charge in [-0.3, -0.25) is 0 Å². The molecule has 1 aromatic rings. The highest BCUT2D eigenvalue weighted by atomic mass is 19.2. The van der Waals surface area contributed by atoms with E-state index in [1.807, 2.05) is 0 Å². The van der Waals surface area contributed by atoms with Crippen LogP contribution in [0.5, 0.6) is 0 Å². The van der Waals surface area contributed by atoms with Gasteiger partial charge in [0.25, 0.3) is 0 Å². The van der Waals surface area contributed by atoms with E-state index in [4.69, 9.17) is 0 Å². The molecule has 0 saturated heterocycles. The molecule has 0 unspecified atom stereocenters. The predicted octanol–water partition coefficient (Wildman–Crippen LogP) is 3.77. The van der Waals surface area contributed by atoms with Crippen molar-refractivity contribution in [3.63, 3.8) is 0 Å². The van der Waals surface area contributed by atoms with Gasteiger partial charge >= 0.3 is 0 Å². The van der Waals surface area contributed by atoms with Gasteiger partial charge < -0.3 is 5.32 Å². The molecule has 1 N–H and O–H groups in total. The Kier molecular flexibility index (Phi) is 3.95. The van der Waals surface area contributed by atoms with E-state index in [0.717, 1.165) is 18.7 Å². The largest absolute Gasteiger partial charge is 0.312 e. The van der Waals surface area contributed by atoms with Crippen LogP contribution in [-0.2, 0) is 6.54 Å². The summed E-state index contributed by atoms with van der Waals surface area (Å²) in [5.41, 5.74) is 0.727. The molecule has 0 amide bonds. The minimum atomic E-state index is -1.40. The second kappa shape index (κ2) is 5.31. The molecule has 1 aliphatic carbocycles. The van der Waals surface area contributed by atoms with Gasteiger partial charge in [0.2, 0.25) is 0 Å². The summed E-state index contributed by atoms with van der Waals surface area (Å²) in [5, 5.41) is 3.20. The topological polar surface area (TPSA) is 12.0 Å². The smallest absolute Gasteiger partial charge is 0.194 e. The molecule has 0 aromatic heterocycles. The van der Waals surface area contributed by atoms with Gasteiger partial charge in [-0.15, -0.1) is 0 Å². The monoisotopic (exact) mass is 257 g/mol. The first-order valence-corrected chi connectivity index (χ1v) is 6.34. The third kappa shape index (κ3) is 3.05. The zero-order valence-electron chi connectivity index (χ0n) is 10.5. The number of halogens is 3. The molecule has 1 nitrogen and oxygen atoms in total. The maximum absolute atomic E-state index is 13.0. The molecule has 0 bridgehead atoms. The molecule has 1 saturated carbocycles. The van der Waals surface area contributed by atoms with Crippen LogP contribution in [0, 0.1) is 22.9 Å². The summed E-state index contributed by atoms with van der Waals surface area (Å²) >= 11 is 0. The molecule has 100 valence electrons. The standard InChI is InChI=1S/C14H18F3N/c1-14(4-2-3-5-14)9-18-8-10-6-11(15)13(17)12(16)7-10/h6-7,18H,2-5,8-9H2,1H3. The molecule has 4 heteroatoms. The molecule has 0 radical (unpaired) electrons. The first-order chi connectivity index (χ1) is 8.50. The van der Waals surface area contributed by atoms with Crippen molar-refractivity contribution in [1.82, 2.24) is 5.32 Å². The minimum absolute atomic E-state index is 0.289. The van der Waals surface area contributed by atoms with Crippen molar-refractivity contribution in [2.75, 3.05) is 6.54 Å². The van der Waals surface area contributed by atoms with E-state index in [9.17, 15) is 13.2 Å². The van der Waals surface area contributed by atoms with E-state index in [2.05, 4.69) is 12.2 Å². The van der Waals surface area contributed by atoms with Crippen LogP contribution in [-0.4, -0.2) is 6.54 Å². The number of hydrogen-bond acceptors (Lipinski definition) is 1. The summed E-state index contributed by atoms with van der Waals surface area (Å²) in [6.45, 7) is 3.41. The molecular formula is C14H18F3N. The van der Waals surface area contributed by atoms with Crippen LogP contribution in [0.1, 0.15) is 38.2 Å². The second-order valence-electron chi connectivity index (χ2n) is 5.49. The van der Waals surface area contributed by atoms with Gasteiger partial charge in [0.15, 0.2) is 17.5 Å². The maximum Gasteiger partial charge on any atom is 0.194 e. The van der Waals surface area contributed by atoms with Crippen molar-refractivity contribution in [2.45, 2.75) is 39.2 Å². The van der Waals surface area contributed by atoms with Crippen LogP contribution in [0.4, 0.5) is 13.2 Å². The normalized spacial score (nSPS) is 18.2. The fourth-order valence-corrected chi connectivity index (χ4v) is 2.62. The number of hydrogen-bond donors (Lipinski definition) is 1. The van der Waals surface area contributed by atoms with E-state index < -0.39 is 17.5 Å². The van der Waals surface area contributed by atoms with Crippen LogP contribution in [0.3, 0.4) is 0 Å². The van der Waals surface area contributed by atoms with E-state index in [-0.39, 0.29) is 5.41 Å². The summed E-state index contributed by atoms with van der Waals surface area (Å²) in [7, 11) is 0. The fourth-order valence-electron chi connectivity index (χ4n) is 2.62. The lowest BCUT2D eigenvalue weighted by atomic mass is 9.89. The molecular weight excluding hydrogens is 239 g/mol. The van der Waals surface area contributed by atoms with E-state index in [0.29, 0.717) is 12.1 Å². The van der Waals surface area contributed by atoms with Gasteiger partial charge in [-0.2, -0.15) is 0 Å². The Morgan fingerprint density at radius 2 is 1.67 bits per heavy atom. The molecule has 0 atom stereocenters. The molecule has 1 fully saturated rings. The van der Waals surface area contributed by atoms with Gasteiger partial charge in [-0.05, 0) is 36.0 Å². The van der Waals surface area contributed by atoms with Crippen LogP contribution >= 0.6 is 0 Å². The average molecular weight is 257 g/mol. The number of rotatable bonds is 4. The van der Waals surface area contributed by atoms with Crippen LogP contribution < -0.4 is 5.32 Å². The molecule has 1 aromatic carbocycles. The SMILES string of the molecule is CC1(CNCc2cc(F)c(F)c(F)c2)CCCC1. The highest BCUT2D eigenvalue weighted by Crippen LogP contribution is 2.36. The number of nitrogens with one attached hydrogen (secondary N) is 1. The van der Waals surface area contributed by atoms with Gasteiger partial charge in [0.05, 0.1) is 0 Å². The lowest BCUT2D eigenvalue weighted by molar-refractivity contribution is 0.314. The fraction of sp³-hybridized carbons (Fsp3) is 0.571. The van der Waals surface area contributed by atoms with Crippen molar-refractivity contribution in [3.8, 4) is 0 Å². The van der Waals surface area contributed by atoms with Gasteiger partial charge in [0, 0.05) is 13.1 Å². The van der Waals surface area contributed by atoms with Gasteiger partial charge in [-0.25, -0.2) is 13.2 Å².